The summed E-state index contributed by atoms with van der Waals surface area (Å²) in [6.45, 7) is 0. The van der Waals surface area contributed by atoms with Crippen LogP contribution in [0.5, 0.6) is 0 Å². The van der Waals surface area contributed by atoms with Crippen LogP contribution in [0.2, 0.25) is 0 Å². The number of carbonyl (C=O) groups is 1. The largest absolute Gasteiger partial charge is 0.478 e. The molecule has 0 saturated heterocycles. The van der Waals surface area contributed by atoms with Gasteiger partial charge in [0.1, 0.15) is 0 Å². The number of H-pyrrole nitrogens is 1. The molecule has 0 unspecified atom stereocenters. The van der Waals surface area contributed by atoms with Crippen molar-refractivity contribution >= 4 is 62.1 Å². The second-order valence-electron chi connectivity index (χ2n) is 2.78. The van der Waals surface area contributed by atoms with Crippen molar-refractivity contribution in [2.45, 2.75) is 0 Å². The molecular weight excluding hydrogens is 408 g/mol. The first-order chi connectivity index (χ1) is 6.61. The fourth-order valence-electron chi connectivity index (χ4n) is 1.36. The number of hydrogen-bond donors (Lipinski definition) is 2. The van der Waals surface area contributed by atoms with E-state index in [0.29, 0.717) is 9.26 Å². The number of nitrogens with one attached hydrogen (secondary N) is 1. The highest BCUT2D eigenvalue weighted by Crippen LogP contribution is 2.26. The molecule has 1 aromatic heterocycles. The lowest BCUT2D eigenvalue weighted by atomic mass is 10.2. The summed E-state index contributed by atoms with van der Waals surface area (Å²) in [7, 11) is 0. The van der Waals surface area contributed by atoms with Crippen LogP contribution in [-0.2, 0) is 0 Å². The number of fused-ring (bicyclic) bond motifs is 1. The van der Waals surface area contributed by atoms with Gasteiger partial charge >= 0.3 is 5.97 Å². The van der Waals surface area contributed by atoms with Gasteiger partial charge in [0.05, 0.1) is 14.8 Å². The molecule has 0 aliphatic heterocycles. The zero-order valence-electron chi connectivity index (χ0n) is 6.84. The predicted octanol–water partition coefficient (Wildman–Crippen LogP) is 3.08. The lowest BCUT2D eigenvalue weighted by Gasteiger charge is -1.93. The summed E-state index contributed by atoms with van der Waals surface area (Å²) in [5.41, 5.74) is 1.26. The average Bonchev–Trinajstić information content (AvgIpc) is 2.42. The number of aromatic amines is 1. The van der Waals surface area contributed by atoms with Crippen molar-refractivity contribution < 1.29 is 9.90 Å². The van der Waals surface area contributed by atoms with Gasteiger partial charge in [0.25, 0.3) is 0 Å². The van der Waals surface area contributed by atoms with Crippen LogP contribution in [0.1, 0.15) is 10.4 Å². The fourth-order valence-corrected chi connectivity index (χ4v) is 2.78. The Bertz CT molecular complexity index is 519. The average molecular weight is 413 g/mol. The van der Waals surface area contributed by atoms with Gasteiger partial charge in [-0.2, -0.15) is 0 Å². The maximum Gasteiger partial charge on any atom is 0.338 e. The molecule has 0 aliphatic rings. The van der Waals surface area contributed by atoms with Crippen LogP contribution in [0.25, 0.3) is 10.9 Å². The Balaban J connectivity index is 2.90. The molecule has 0 atom stereocenters. The Kier molecular flexibility index (Phi) is 2.69. The highest BCUT2D eigenvalue weighted by molar-refractivity contribution is 14.1. The van der Waals surface area contributed by atoms with Gasteiger partial charge in [0.15, 0.2) is 0 Å². The summed E-state index contributed by atoms with van der Waals surface area (Å²) in [5.74, 6) is -0.886. The number of rotatable bonds is 1. The Morgan fingerprint density at radius 2 is 2.07 bits per heavy atom. The summed E-state index contributed by atoms with van der Waals surface area (Å²) < 4.78 is 1.71. The van der Waals surface area contributed by atoms with E-state index in [1.54, 1.807) is 0 Å². The first-order valence-corrected chi connectivity index (χ1v) is 5.96. The molecular formula is C9H5I2NO2. The van der Waals surface area contributed by atoms with Crippen LogP contribution in [0.4, 0.5) is 0 Å². The van der Waals surface area contributed by atoms with Gasteiger partial charge in [-0.1, -0.05) is 12.1 Å². The lowest BCUT2D eigenvalue weighted by Crippen LogP contribution is -1.96. The van der Waals surface area contributed by atoms with Crippen LogP contribution < -0.4 is 0 Å². The summed E-state index contributed by atoms with van der Waals surface area (Å²) in [6.07, 6.45) is 0. The topological polar surface area (TPSA) is 53.1 Å². The quantitative estimate of drug-likeness (QED) is 0.707. The first-order valence-electron chi connectivity index (χ1n) is 3.80. The molecule has 2 N–H and O–H groups in total. The molecule has 1 heterocycles. The molecule has 72 valence electrons. The van der Waals surface area contributed by atoms with Gasteiger partial charge in [0.2, 0.25) is 0 Å². The summed E-state index contributed by atoms with van der Waals surface area (Å²) in [6, 6.07) is 5.63. The van der Waals surface area contributed by atoms with Crippen molar-refractivity contribution in [3.63, 3.8) is 0 Å². The first kappa shape index (κ1) is 10.2. The lowest BCUT2D eigenvalue weighted by molar-refractivity contribution is 0.0698. The molecule has 0 radical (unpaired) electrons. The van der Waals surface area contributed by atoms with Crippen LogP contribution >= 0.6 is 45.2 Å². The third kappa shape index (κ3) is 1.52. The molecule has 2 aromatic rings. The predicted molar refractivity (Wildman–Crippen MR) is 70.7 cm³/mol. The SMILES string of the molecule is O=C(O)c1c(I)[nH]c2c(I)cccc12. The minimum absolute atomic E-state index is 0.360. The Labute approximate surface area is 107 Å². The normalized spacial score (nSPS) is 10.7. The van der Waals surface area contributed by atoms with Gasteiger partial charge in [0, 0.05) is 8.96 Å². The molecule has 0 bridgehead atoms. The third-order valence-electron chi connectivity index (χ3n) is 1.95. The van der Waals surface area contributed by atoms with Gasteiger partial charge in [-0.05, 0) is 51.2 Å². The van der Waals surface area contributed by atoms with Crippen LogP contribution in [0.15, 0.2) is 18.2 Å². The number of carboxylic acid groups (broad SMARTS) is 1. The van der Waals surface area contributed by atoms with E-state index in [-0.39, 0.29) is 0 Å². The number of hydrogen-bond acceptors (Lipinski definition) is 1. The van der Waals surface area contributed by atoms with E-state index in [9.17, 15) is 4.79 Å². The highest BCUT2D eigenvalue weighted by Gasteiger charge is 2.16. The smallest absolute Gasteiger partial charge is 0.338 e. The monoisotopic (exact) mass is 413 g/mol. The van der Waals surface area contributed by atoms with E-state index < -0.39 is 5.97 Å². The molecule has 2 rings (SSSR count). The van der Waals surface area contributed by atoms with Crippen molar-refractivity contribution in [1.29, 1.82) is 0 Å². The zero-order chi connectivity index (χ0) is 10.3. The maximum absolute atomic E-state index is 11.0. The fraction of sp³-hybridized carbons (Fsp3) is 0. The van der Waals surface area contributed by atoms with Crippen LogP contribution in [-0.4, -0.2) is 16.1 Å². The number of carboxylic acids is 1. The Morgan fingerprint density at radius 3 is 2.71 bits per heavy atom. The van der Waals surface area contributed by atoms with Crippen molar-refractivity contribution in [1.82, 2.24) is 4.98 Å². The van der Waals surface area contributed by atoms with Crippen molar-refractivity contribution in [2.75, 3.05) is 0 Å². The molecule has 3 nitrogen and oxygen atoms in total. The van der Waals surface area contributed by atoms with Gasteiger partial charge in [-0.25, -0.2) is 4.79 Å². The number of aromatic nitrogens is 1. The minimum atomic E-state index is -0.886. The Morgan fingerprint density at radius 1 is 1.36 bits per heavy atom. The molecule has 5 heteroatoms. The molecule has 14 heavy (non-hydrogen) atoms. The van der Waals surface area contributed by atoms with Crippen LogP contribution in [0, 0.1) is 7.27 Å². The number of para-hydroxylation sites is 1. The standard InChI is InChI=1S/C9H5I2NO2/c10-5-3-1-2-4-6(9(13)14)8(11)12-7(4)5/h1-3,12H,(H,13,14). The van der Waals surface area contributed by atoms with Crippen molar-refractivity contribution in [3.8, 4) is 0 Å². The maximum atomic E-state index is 11.0. The third-order valence-corrected chi connectivity index (χ3v) is 3.66. The zero-order valence-corrected chi connectivity index (χ0v) is 11.2. The van der Waals surface area contributed by atoms with E-state index in [1.807, 2.05) is 40.8 Å². The summed E-state index contributed by atoms with van der Waals surface area (Å²) in [5, 5.41) is 9.79. The molecule has 0 aliphatic carbocycles. The molecule has 0 spiro atoms. The van der Waals surface area contributed by atoms with E-state index in [1.165, 1.54) is 0 Å². The molecule has 1 aromatic carbocycles. The minimum Gasteiger partial charge on any atom is -0.478 e. The molecule has 0 amide bonds. The van der Waals surface area contributed by atoms with E-state index in [2.05, 4.69) is 27.6 Å². The second-order valence-corrected chi connectivity index (χ2v) is 5.02. The summed E-state index contributed by atoms with van der Waals surface area (Å²) >= 11 is 4.19. The molecule has 0 fully saturated rings. The number of halogens is 2. The number of aromatic carboxylic acids is 1. The van der Waals surface area contributed by atoms with Gasteiger partial charge < -0.3 is 10.1 Å². The number of benzene rings is 1. The van der Waals surface area contributed by atoms with Crippen molar-refractivity contribution in [3.05, 3.63) is 31.0 Å². The van der Waals surface area contributed by atoms with Gasteiger partial charge in [-0.15, -0.1) is 0 Å². The van der Waals surface area contributed by atoms with Crippen molar-refractivity contribution in [2.24, 2.45) is 0 Å². The van der Waals surface area contributed by atoms with E-state index >= 15 is 0 Å². The van der Waals surface area contributed by atoms with E-state index in [4.69, 9.17) is 5.11 Å². The second kappa shape index (κ2) is 3.69. The van der Waals surface area contributed by atoms with Gasteiger partial charge in [-0.3, -0.25) is 0 Å². The summed E-state index contributed by atoms with van der Waals surface area (Å²) in [4.78, 5) is 14.1. The molecule has 0 saturated carbocycles. The highest BCUT2D eigenvalue weighted by atomic mass is 127. The van der Waals surface area contributed by atoms with Crippen LogP contribution in [0.3, 0.4) is 0 Å². The Hall–Kier alpha value is -0.310. The van der Waals surface area contributed by atoms with E-state index in [0.717, 1.165) is 14.5 Å².